The zero-order valence-electron chi connectivity index (χ0n) is 10.3. The molecule has 1 aliphatic carbocycles. The molecule has 0 bridgehead atoms. The third-order valence-corrected chi connectivity index (χ3v) is 2.99. The number of ether oxygens (including phenoxy) is 1. The molecule has 0 saturated carbocycles. The predicted octanol–water partition coefficient (Wildman–Crippen LogP) is 1.75. The van der Waals surface area contributed by atoms with Gasteiger partial charge in [-0.15, -0.1) is 0 Å². The van der Waals surface area contributed by atoms with Gasteiger partial charge >= 0.3 is 5.97 Å². The van der Waals surface area contributed by atoms with E-state index >= 15 is 0 Å². The van der Waals surface area contributed by atoms with Crippen molar-refractivity contribution in [3.05, 3.63) is 47.0 Å². The smallest absolute Gasteiger partial charge is 0.357 e. The Morgan fingerprint density at radius 1 is 1.26 bits per heavy atom. The van der Waals surface area contributed by atoms with Crippen molar-refractivity contribution in [2.45, 2.75) is 6.42 Å². The van der Waals surface area contributed by atoms with Crippen LogP contribution in [-0.4, -0.2) is 31.2 Å². The van der Waals surface area contributed by atoms with E-state index in [1.54, 1.807) is 24.7 Å². The Hall–Kier alpha value is -2.56. The molecule has 0 fully saturated rings. The fourth-order valence-corrected chi connectivity index (χ4v) is 2.07. The summed E-state index contributed by atoms with van der Waals surface area (Å²) >= 11 is 0. The minimum atomic E-state index is -0.431. The van der Waals surface area contributed by atoms with Crippen molar-refractivity contribution in [2.24, 2.45) is 15.0 Å². The summed E-state index contributed by atoms with van der Waals surface area (Å²) in [5, 5.41) is 0. The fourth-order valence-electron chi connectivity index (χ4n) is 2.07. The van der Waals surface area contributed by atoms with Crippen molar-refractivity contribution in [1.29, 1.82) is 0 Å². The van der Waals surface area contributed by atoms with Gasteiger partial charge in [-0.25, -0.2) is 9.79 Å². The molecule has 2 heterocycles. The summed E-state index contributed by atoms with van der Waals surface area (Å²) in [6.45, 7) is 0. The molecule has 0 aromatic heterocycles. The summed E-state index contributed by atoms with van der Waals surface area (Å²) in [5.74, 6) is -0.431. The molecule has 0 spiro atoms. The van der Waals surface area contributed by atoms with Gasteiger partial charge in [0.1, 0.15) is 0 Å². The number of hydrogen-bond acceptors (Lipinski definition) is 5. The van der Waals surface area contributed by atoms with Crippen LogP contribution in [0.5, 0.6) is 0 Å². The molecule has 0 unspecified atom stereocenters. The summed E-state index contributed by atoms with van der Waals surface area (Å²) < 4.78 is 4.72. The second-order valence-electron chi connectivity index (χ2n) is 4.13. The van der Waals surface area contributed by atoms with E-state index in [-0.39, 0.29) is 0 Å². The minimum Gasteiger partial charge on any atom is -0.464 e. The van der Waals surface area contributed by atoms with Crippen molar-refractivity contribution < 1.29 is 9.53 Å². The number of nitrogens with zero attached hydrogens (tertiary/aromatic N) is 3. The third kappa shape index (κ3) is 1.99. The first kappa shape index (κ1) is 11.5. The highest BCUT2D eigenvalue weighted by Crippen LogP contribution is 2.34. The molecular weight excluding hydrogens is 242 g/mol. The maximum Gasteiger partial charge on any atom is 0.357 e. The van der Waals surface area contributed by atoms with Gasteiger partial charge in [0.2, 0.25) is 0 Å². The number of carbonyl (C=O) groups excluding carboxylic acids is 1. The van der Waals surface area contributed by atoms with Crippen LogP contribution in [0.15, 0.2) is 61.9 Å². The second-order valence-corrected chi connectivity index (χ2v) is 4.13. The van der Waals surface area contributed by atoms with Gasteiger partial charge in [-0.05, 0) is 23.8 Å². The largest absolute Gasteiger partial charge is 0.464 e. The Morgan fingerprint density at radius 3 is 2.84 bits per heavy atom. The first-order valence-electron chi connectivity index (χ1n) is 5.84. The number of allylic oxidation sites excluding steroid dienone is 4. The normalized spacial score (nSPS) is 19.9. The van der Waals surface area contributed by atoms with Crippen LogP contribution in [0.4, 0.5) is 0 Å². The average Bonchev–Trinajstić information content (AvgIpc) is 2.80. The Balaban J connectivity index is 2.02. The topological polar surface area (TPSA) is 63.4 Å². The van der Waals surface area contributed by atoms with Crippen molar-refractivity contribution in [2.75, 3.05) is 7.11 Å². The van der Waals surface area contributed by atoms with Crippen LogP contribution in [0.3, 0.4) is 0 Å². The zero-order valence-corrected chi connectivity index (χ0v) is 10.3. The van der Waals surface area contributed by atoms with Crippen LogP contribution in [0.1, 0.15) is 6.42 Å². The first-order chi connectivity index (χ1) is 9.29. The Kier molecular flexibility index (Phi) is 2.79. The summed E-state index contributed by atoms with van der Waals surface area (Å²) in [6.07, 6.45) is 11.2. The molecule has 0 saturated heterocycles. The Labute approximate surface area is 110 Å². The van der Waals surface area contributed by atoms with Gasteiger partial charge in [0.05, 0.1) is 18.5 Å². The number of carbonyl (C=O) groups is 1. The van der Waals surface area contributed by atoms with E-state index in [0.717, 1.165) is 22.5 Å². The first-order valence-corrected chi connectivity index (χ1v) is 5.84. The number of rotatable bonds is 1. The quantitative estimate of drug-likeness (QED) is 0.668. The molecule has 0 aromatic rings. The molecule has 5 nitrogen and oxygen atoms in total. The van der Waals surface area contributed by atoms with E-state index in [1.165, 1.54) is 7.11 Å². The SMILES string of the molecule is COC(=O)C1=NC=C2CC3=C(C=C21)N=CC=CC=N3. The van der Waals surface area contributed by atoms with Crippen LogP contribution >= 0.6 is 0 Å². The maximum atomic E-state index is 11.6. The molecule has 2 aliphatic heterocycles. The molecule has 0 radical (unpaired) electrons. The van der Waals surface area contributed by atoms with E-state index in [0.29, 0.717) is 12.1 Å². The van der Waals surface area contributed by atoms with E-state index in [4.69, 9.17) is 4.74 Å². The highest BCUT2D eigenvalue weighted by atomic mass is 16.5. The van der Waals surface area contributed by atoms with Gasteiger partial charge in [-0.2, -0.15) is 0 Å². The lowest BCUT2D eigenvalue weighted by Crippen LogP contribution is -2.18. The van der Waals surface area contributed by atoms with E-state index in [9.17, 15) is 4.79 Å². The summed E-state index contributed by atoms with van der Waals surface area (Å²) in [6, 6.07) is 0. The molecule has 19 heavy (non-hydrogen) atoms. The predicted molar refractivity (Wildman–Crippen MR) is 73.4 cm³/mol. The van der Waals surface area contributed by atoms with Crippen LogP contribution in [0.2, 0.25) is 0 Å². The van der Waals surface area contributed by atoms with Crippen LogP contribution in [0, 0.1) is 0 Å². The molecule has 0 amide bonds. The molecule has 3 rings (SSSR count). The van der Waals surface area contributed by atoms with Gasteiger partial charge in [-0.1, -0.05) is 0 Å². The molecule has 94 valence electrons. The molecule has 0 atom stereocenters. The fraction of sp³-hybridized carbons (Fsp3) is 0.143. The van der Waals surface area contributed by atoms with E-state index in [1.807, 2.05) is 12.2 Å². The standard InChI is InChI=1S/C14H11N3O2/c1-19-14(18)13-10-7-12-11(6-9(10)8-17-13)15-4-2-3-5-16-12/h2-5,7-8H,6H2,1H3. The lowest BCUT2D eigenvalue weighted by atomic mass is 9.93. The van der Waals surface area contributed by atoms with Gasteiger partial charge in [-0.3, -0.25) is 9.98 Å². The number of fused-ring (bicyclic) bond motifs is 1. The van der Waals surface area contributed by atoms with E-state index < -0.39 is 5.97 Å². The Morgan fingerprint density at radius 2 is 2.05 bits per heavy atom. The minimum absolute atomic E-state index is 0.334. The second kappa shape index (κ2) is 4.61. The monoisotopic (exact) mass is 253 g/mol. The van der Waals surface area contributed by atoms with Crippen LogP contribution in [0.25, 0.3) is 0 Å². The van der Waals surface area contributed by atoms with Gasteiger partial charge in [0.25, 0.3) is 0 Å². The summed E-state index contributed by atoms with van der Waals surface area (Å²) in [4.78, 5) is 24.4. The Bertz CT molecular complexity index is 658. The molecule has 3 aliphatic rings. The van der Waals surface area contributed by atoms with Crippen LogP contribution in [-0.2, 0) is 9.53 Å². The number of hydrogen-bond donors (Lipinski definition) is 0. The third-order valence-electron chi connectivity index (χ3n) is 2.99. The zero-order chi connectivity index (χ0) is 13.2. The van der Waals surface area contributed by atoms with Crippen molar-refractivity contribution >= 4 is 24.1 Å². The summed E-state index contributed by atoms with van der Waals surface area (Å²) in [7, 11) is 1.35. The van der Waals surface area contributed by atoms with Gasteiger partial charge in [0, 0.05) is 30.6 Å². The summed E-state index contributed by atoms with van der Waals surface area (Å²) in [5.41, 5.74) is 3.71. The highest BCUT2D eigenvalue weighted by molar-refractivity contribution is 6.45. The lowest BCUT2D eigenvalue weighted by molar-refractivity contribution is -0.132. The molecule has 5 heteroatoms. The molecule has 0 N–H and O–H groups in total. The molecule has 0 aromatic carbocycles. The number of aliphatic imine (C=N–C) groups is 3. The van der Waals surface area contributed by atoms with Crippen molar-refractivity contribution in [3.8, 4) is 0 Å². The number of esters is 1. The van der Waals surface area contributed by atoms with Gasteiger partial charge in [0.15, 0.2) is 5.71 Å². The number of methoxy groups -OCH3 is 1. The van der Waals surface area contributed by atoms with E-state index in [2.05, 4.69) is 15.0 Å². The van der Waals surface area contributed by atoms with Crippen LogP contribution < -0.4 is 0 Å². The lowest BCUT2D eigenvalue weighted by Gasteiger charge is -2.15. The molecular formula is C14H11N3O2. The van der Waals surface area contributed by atoms with Crippen molar-refractivity contribution in [1.82, 2.24) is 0 Å². The van der Waals surface area contributed by atoms with Crippen molar-refractivity contribution in [3.63, 3.8) is 0 Å². The highest BCUT2D eigenvalue weighted by Gasteiger charge is 2.28. The maximum absolute atomic E-state index is 11.6. The average molecular weight is 253 g/mol. The van der Waals surface area contributed by atoms with Gasteiger partial charge < -0.3 is 4.74 Å².